The minimum absolute atomic E-state index is 0.0239. The third kappa shape index (κ3) is 8.98. The average molecular weight is 778 g/mol. The summed E-state index contributed by atoms with van der Waals surface area (Å²) >= 11 is 0. The molecule has 0 aliphatic rings. The summed E-state index contributed by atoms with van der Waals surface area (Å²) in [4.78, 5) is 13.1. The fourth-order valence-corrected chi connectivity index (χ4v) is 13.7. The predicted octanol–water partition coefficient (Wildman–Crippen LogP) is 10.4. The second-order valence-corrected chi connectivity index (χ2v) is 22.0. The lowest BCUT2D eigenvalue weighted by atomic mass is 9.95. The maximum atomic E-state index is 15.0. The van der Waals surface area contributed by atoms with Gasteiger partial charge in [-0.2, -0.15) is 0 Å². The van der Waals surface area contributed by atoms with E-state index in [1.54, 1.807) is 12.1 Å². The summed E-state index contributed by atoms with van der Waals surface area (Å²) in [6.07, 6.45) is -1.15. The highest BCUT2D eigenvalue weighted by molar-refractivity contribution is 7.64. The van der Waals surface area contributed by atoms with E-state index < -0.39 is 32.8 Å². The van der Waals surface area contributed by atoms with Crippen LogP contribution in [0.15, 0.2) is 115 Å². The van der Waals surface area contributed by atoms with Crippen molar-refractivity contribution >= 4 is 32.0 Å². The Labute approximate surface area is 327 Å². The highest BCUT2D eigenvalue weighted by Gasteiger charge is 2.52. The number of benzene rings is 4. The second kappa shape index (κ2) is 17.5. The fraction of sp³-hybridized carbons (Fsp3) is 0.326. The van der Waals surface area contributed by atoms with Crippen LogP contribution in [0.2, 0.25) is 5.04 Å². The number of halogens is 1. The molecule has 1 aromatic heterocycles. The Balaban J connectivity index is 1.73. The molecule has 4 aromatic carbocycles. The summed E-state index contributed by atoms with van der Waals surface area (Å²) in [5.41, 5.74) is 8.33. The van der Waals surface area contributed by atoms with Crippen LogP contribution in [0.1, 0.15) is 78.1 Å². The number of nitrogens with zero attached hydrogens (tertiary/aromatic N) is 1. The van der Waals surface area contributed by atoms with Gasteiger partial charge >= 0.3 is 5.97 Å². The van der Waals surface area contributed by atoms with Gasteiger partial charge in [0.05, 0.1) is 37.1 Å². The van der Waals surface area contributed by atoms with E-state index in [0.29, 0.717) is 5.56 Å². The number of carbonyl (C=O) groups is 1. The molecule has 0 N–H and O–H groups in total. The van der Waals surface area contributed by atoms with Crippen LogP contribution in [-0.4, -0.2) is 45.3 Å². The Morgan fingerprint density at radius 1 is 0.800 bits per heavy atom. The zero-order valence-corrected chi connectivity index (χ0v) is 35.3. The molecular formula is C46H53FNO5PSi. The van der Waals surface area contributed by atoms with Gasteiger partial charge in [-0.3, -0.25) is 9.36 Å². The van der Waals surface area contributed by atoms with E-state index in [9.17, 15) is 9.18 Å². The maximum absolute atomic E-state index is 15.0. The van der Waals surface area contributed by atoms with Gasteiger partial charge < -0.3 is 18.3 Å². The molecular weight excluding hydrogens is 725 g/mol. The molecule has 0 fully saturated rings. The molecule has 0 amide bonds. The molecule has 0 aliphatic heterocycles. The molecule has 6 nitrogen and oxygen atoms in total. The first-order chi connectivity index (χ1) is 26.2. The number of methoxy groups -OCH3 is 1. The molecule has 55 heavy (non-hydrogen) atoms. The summed E-state index contributed by atoms with van der Waals surface area (Å²) < 4.78 is 50.0. The predicted molar refractivity (Wildman–Crippen MR) is 225 cm³/mol. The summed E-state index contributed by atoms with van der Waals surface area (Å²) in [5.74, 6) is 2.57. The number of hydrogen-bond acceptors (Lipinski definition) is 5. The van der Waals surface area contributed by atoms with Crippen molar-refractivity contribution in [3.63, 3.8) is 0 Å². The van der Waals surface area contributed by atoms with Crippen molar-refractivity contribution in [1.29, 1.82) is 0 Å². The van der Waals surface area contributed by atoms with Gasteiger partial charge in [0.15, 0.2) is 0 Å². The minimum atomic E-state index is -3.82. The normalized spacial score (nSPS) is 13.6. The van der Waals surface area contributed by atoms with Gasteiger partial charge in [-0.05, 0) is 64.1 Å². The molecule has 0 spiro atoms. The lowest BCUT2D eigenvalue weighted by molar-refractivity contribution is -0.142. The SMILES string of the molecule is COC(=O)C[C@@H](CP(=O)(C#Cc1c(-c2ccc(F)cc2)c(-c2ccccc2)n(C(C)C)c1C(C)C)OC)O[Si](c1ccccc1)(c1ccccc1)C(C)(C)C. The minimum Gasteiger partial charge on any atom is -0.469 e. The van der Waals surface area contributed by atoms with Gasteiger partial charge in [0.1, 0.15) is 5.82 Å². The molecule has 0 radical (unpaired) electrons. The van der Waals surface area contributed by atoms with Crippen LogP contribution in [0.3, 0.4) is 0 Å². The number of hydrogen-bond donors (Lipinski definition) is 0. The first-order valence-corrected chi connectivity index (χ1v) is 22.5. The van der Waals surface area contributed by atoms with Gasteiger partial charge in [0.2, 0.25) is 0 Å². The van der Waals surface area contributed by atoms with Crippen molar-refractivity contribution in [2.24, 2.45) is 0 Å². The molecule has 0 aliphatic carbocycles. The Morgan fingerprint density at radius 3 is 1.78 bits per heavy atom. The van der Waals surface area contributed by atoms with Gasteiger partial charge in [-0.1, -0.05) is 144 Å². The molecule has 2 atom stereocenters. The third-order valence-corrected chi connectivity index (χ3v) is 17.0. The number of esters is 1. The highest BCUT2D eigenvalue weighted by atomic mass is 31.2. The van der Waals surface area contributed by atoms with Gasteiger partial charge in [-0.15, -0.1) is 0 Å². The Hall–Kier alpha value is -4.51. The van der Waals surface area contributed by atoms with Crippen LogP contribution < -0.4 is 10.4 Å². The van der Waals surface area contributed by atoms with Crippen LogP contribution >= 0.6 is 7.37 Å². The lowest BCUT2D eigenvalue weighted by Gasteiger charge is -2.45. The van der Waals surface area contributed by atoms with Crippen LogP contribution in [-0.2, 0) is 23.0 Å². The molecule has 5 aromatic rings. The molecule has 9 heteroatoms. The van der Waals surface area contributed by atoms with Gasteiger partial charge in [0, 0.05) is 24.4 Å². The molecule has 1 heterocycles. The van der Waals surface area contributed by atoms with Crippen molar-refractivity contribution in [3.05, 3.63) is 132 Å². The topological polar surface area (TPSA) is 66.8 Å². The van der Waals surface area contributed by atoms with Crippen molar-refractivity contribution in [2.75, 3.05) is 20.4 Å². The summed E-state index contributed by atoms with van der Waals surface area (Å²) in [6.45, 7) is 14.9. The first kappa shape index (κ1) is 41.6. The molecule has 0 saturated carbocycles. The van der Waals surface area contributed by atoms with Crippen LogP contribution in [0.4, 0.5) is 4.39 Å². The monoisotopic (exact) mass is 777 g/mol. The molecule has 1 unspecified atom stereocenters. The van der Waals surface area contributed by atoms with E-state index in [4.69, 9.17) is 13.7 Å². The zero-order valence-electron chi connectivity index (χ0n) is 33.4. The van der Waals surface area contributed by atoms with Crippen molar-refractivity contribution in [1.82, 2.24) is 4.57 Å². The summed E-state index contributed by atoms with van der Waals surface area (Å²) in [7, 11) is -4.28. The van der Waals surface area contributed by atoms with E-state index in [-0.39, 0.29) is 30.4 Å². The van der Waals surface area contributed by atoms with Crippen LogP contribution in [0, 0.1) is 17.4 Å². The van der Waals surface area contributed by atoms with E-state index >= 15 is 4.57 Å². The largest absolute Gasteiger partial charge is 0.469 e. The van der Waals surface area contributed by atoms with Crippen LogP contribution in [0.5, 0.6) is 0 Å². The number of aromatic nitrogens is 1. The third-order valence-electron chi connectivity index (χ3n) is 9.96. The smallest absolute Gasteiger partial charge is 0.308 e. The number of rotatable bonds is 13. The Bertz CT molecular complexity index is 2130. The van der Waals surface area contributed by atoms with E-state index in [0.717, 1.165) is 38.5 Å². The summed E-state index contributed by atoms with van der Waals surface area (Å²) in [6, 6.07) is 36.7. The molecule has 288 valence electrons. The first-order valence-electron chi connectivity index (χ1n) is 18.8. The molecule has 0 bridgehead atoms. The van der Waals surface area contributed by atoms with Crippen molar-refractivity contribution in [2.45, 2.75) is 78.0 Å². The molecule has 0 saturated heterocycles. The standard InChI is InChI=1S/C46H53FNO5PSi/c1-33(2)44-41(43(35-25-27-37(47)28-26-35)45(48(44)34(3)4)36-19-13-10-14-20-36)29-30-54(50,52-9)32-38(31-42(49)51-8)53-55(46(5,6)7,39-21-15-11-16-22-39)40-23-17-12-18-24-40/h10-28,33-34,38H,31-32H2,1-9H3/t38-,54?/m0/s1. The Kier molecular flexibility index (Phi) is 13.3. The van der Waals surface area contributed by atoms with Crippen molar-refractivity contribution < 1.29 is 27.4 Å². The van der Waals surface area contributed by atoms with Gasteiger partial charge in [0.25, 0.3) is 15.7 Å². The van der Waals surface area contributed by atoms with E-state index in [1.165, 1.54) is 26.4 Å². The molecule has 5 rings (SSSR count). The number of carbonyl (C=O) groups excluding carboxylic acids is 1. The summed E-state index contributed by atoms with van der Waals surface area (Å²) in [5, 5.41) is 1.64. The van der Waals surface area contributed by atoms with Gasteiger partial charge in [-0.25, -0.2) is 4.39 Å². The lowest BCUT2D eigenvalue weighted by Crippen LogP contribution is -2.68. The van der Waals surface area contributed by atoms with E-state index in [2.05, 4.69) is 101 Å². The fourth-order valence-electron chi connectivity index (χ4n) is 7.54. The van der Waals surface area contributed by atoms with Crippen molar-refractivity contribution in [3.8, 4) is 34.0 Å². The highest BCUT2D eigenvalue weighted by Crippen LogP contribution is 2.49. The average Bonchev–Trinajstić information content (AvgIpc) is 3.53. The number of ether oxygens (including phenoxy) is 1. The van der Waals surface area contributed by atoms with E-state index in [1.807, 2.05) is 54.6 Å². The quantitative estimate of drug-likeness (QED) is 0.0516. The second-order valence-electron chi connectivity index (χ2n) is 15.4. The van der Waals surface area contributed by atoms with Crippen LogP contribution in [0.25, 0.3) is 22.4 Å². The zero-order chi connectivity index (χ0) is 40.0. The Morgan fingerprint density at radius 2 is 1.33 bits per heavy atom. The maximum Gasteiger partial charge on any atom is 0.308 e.